The van der Waals surface area contributed by atoms with Gasteiger partial charge in [0.2, 0.25) is 5.91 Å². The number of nitrogens with zero attached hydrogens (tertiary/aromatic N) is 3. The second-order valence-electron chi connectivity index (χ2n) is 5.98. The number of amides is 1. The molecule has 0 saturated heterocycles. The SMILES string of the molecule is Cc1ccccc1NC(=O)[C@H](C)n1ccc2c(C)nn(C)c2c1=O. The van der Waals surface area contributed by atoms with Crippen LogP contribution in [-0.4, -0.2) is 20.3 Å². The maximum atomic E-state index is 12.8. The maximum absolute atomic E-state index is 12.8. The quantitative estimate of drug-likeness (QED) is 0.805. The van der Waals surface area contributed by atoms with Crippen LogP contribution in [0.15, 0.2) is 41.3 Å². The third-order valence-electron chi connectivity index (χ3n) is 4.31. The average molecular weight is 324 g/mol. The Morgan fingerprint density at radius 2 is 1.92 bits per heavy atom. The van der Waals surface area contributed by atoms with Gasteiger partial charge in [0, 0.05) is 24.3 Å². The molecule has 0 aliphatic carbocycles. The van der Waals surface area contributed by atoms with Gasteiger partial charge in [0.25, 0.3) is 5.56 Å². The summed E-state index contributed by atoms with van der Waals surface area (Å²) in [6.45, 7) is 5.50. The van der Waals surface area contributed by atoms with E-state index in [-0.39, 0.29) is 11.5 Å². The second kappa shape index (κ2) is 5.96. The Kier molecular flexibility index (Phi) is 3.97. The number of nitrogens with one attached hydrogen (secondary N) is 1. The summed E-state index contributed by atoms with van der Waals surface area (Å²) >= 11 is 0. The van der Waals surface area contributed by atoms with Crippen molar-refractivity contribution in [2.75, 3.05) is 5.32 Å². The van der Waals surface area contributed by atoms with Crippen LogP contribution in [0.1, 0.15) is 24.2 Å². The van der Waals surface area contributed by atoms with Gasteiger partial charge >= 0.3 is 0 Å². The molecular weight excluding hydrogens is 304 g/mol. The molecule has 0 aliphatic rings. The van der Waals surface area contributed by atoms with E-state index in [1.807, 2.05) is 44.2 Å². The van der Waals surface area contributed by atoms with E-state index in [4.69, 9.17) is 0 Å². The normalized spacial score (nSPS) is 12.3. The number of carbonyl (C=O) groups is 1. The second-order valence-corrected chi connectivity index (χ2v) is 5.98. The summed E-state index contributed by atoms with van der Waals surface area (Å²) in [7, 11) is 1.74. The first-order valence-electron chi connectivity index (χ1n) is 7.81. The van der Waals surface area contributed by atoms with Crippen molar-refractivity contribution < 1.29 is 4.79 Å². The summed E-state index contributed by atoms with van der Waals surface area (Å²) in [6, 6.07) is 8.75. The van der Waals surface area contributed by atoms with Crippen LogP contribution in [0.4, 0.5) is 5.69 Å². The highest BCUT2D eigenvalue weighted by Gasteiger charge is 2.19. The summed E-state index contributed by atoms with van der Waals surface area (Å²) < 4.78 is 3.01. The molecule has 6 nitrogen and oxygen atoms in total. The number of benzene rings is 1. The van der Waals surface area contributed by atoms with Crippen molar-refractivity contribution in [3.05, 3.63) is 58.1 Å². The fraction of sp³-hybridized carbons (Fsp3) is 0.278. The number of hydrogen-bond acceptors (Lipinski definition) is 3. The van der Waals surface area contributed by atoms with E-state index in [0.29, 0.717) is 5.52 Å². The molecule has 0 radical (unpaired) electrons. The van der Waals surface area contributed by atoms with Crippen LogP contribution in [0.5, 0.6) is 0 Å². The highest BCUT2D eigenvalue weighted by atomic mass is 16.2. The molecule has 2 heterocycles. The van der Waals surface area contributed by atoms with E-state index in [1.165, 1.54) is 4.57 Å². The summed E-state index contributed by atoms with van der Waals surface area (Å²) in [5.41, 5.74) is 2.81. The lowest BCUT2D eigenvalue weighted by atomic mass is 10.2. The Balaban J connectivity index is 1.97. The fourth-order valence-electron chi connectivity index (χ4n) is 2.85. The molecule has 1 atom stereocenters. The number of anilines is 1. The Labute approximate surface area is 139 Å². The van der Waals surface area contributed by atoms with E-state index in [0.717, 1.165) is 22.3 Å². The number of pyridine rings is 1. The van der Waals surface area contributed by atoms with Crippen LogP contribution in [0.25, 0.3) is 10.9 Å². The standard InChI is InChI=1S/C18H20N4O2/c1-11-7-5-6-8-15(11)19-17(23)13(3)22-10-9-14-12(2)20-21(4)16(14)18(22)24/h5-10,13H,1-4H3,(H,19,23)/t13-/m0/s1. The van der Waals surface area contributed by atoms with Gasteiger partial charge in [0.05, 0.1) is 5.69 Å². The first-order valence-corrected chi connectivity index (χ1v) is 7.81. The van der Waals surface area contributed by atoms with Crippen LogP contribution in [-0.2, 0) is 11.8 Å². The molecule has 3 rings (SSSR count). The van der Waals surface area contributed by atoms with Gasteiger partial charge in [-0.25, -0.2) is 0 Å². The molecule has 124 valence electrons. The van der Waals surface area contributed by atoms with Gasteiger partial charge in [-0.3, -0.25) is 14.3 Å². The molecule has 0 saturated carbocycles. The van der Waals surface area contributed by atoms with Crippen LogP contribution in [0, 0.1) is 13.8 Å². The van der Waals surface area contributed by atoms with Gasteiger partial charge in [-0.2, -0.15) is 5.10 Å². The Morgan fingerprint density at radius 1 is 1.21 bits per heavy atom. The molecular formula is C18H20N4O2. The average Bonchev–Trinajstić information content (AvgIpc) is 2.84. The van der Waals surface area contributed by atoms with Crippen LogP contribution in [0.2, 0.25) is 0 Å². The number of aryl methyl sites for hydroxylation is 3. The summed E-state index contributed by atoms with van der Waals surface area (Å²) in [5.74, 6) is -0.232. The van der Waals surface area contributed by atoms with Crippen molar-refractivity contribution >= 4 is 22.5 Å². The smallest absolute Gasteiger partial charge is 0.277 e. The Hall–Kier alpha value is -2.89. The van der Waals surface area contributed by atoms with Crippen LogP contribution < -0.4 is 10.9 Å². The van der Waals surface area contributed by atoms with Crippen LogP contribution in [0.3, 0.4) is 0 Å². The molecule has 3 aromatic rings. The molecule has 1 aromatic carbocycles. The first-order chi connectivity index (χ1) is 11.4. The third kappa shape index (κ3) is 2.60. The number of rotatable bonds is 3. The predicted octanol–water partition coefficient (Wildman–Crippen LogP) is 2.55. The van der Waals surface area contributed by atoms with Gasteiger partial charge in [-0.15, -0.1) is 0 Å². The minimum absolute atomic E-state index is 0.219. The molecule has 24 heavy (non-hydrogen) atoms. The zero-order valence-corrected chi connectivity index (χ0v) is 14.2. The lowest BCUT2D eigenvalue weighted by molar-refractivity contribution is -0.118. The molecule has 0 bridgehead atoms. The van der Waals surface area contributed by atoms with E-state index >= 15 is 0 Å². The third-order valence-corrected chi connectivity index (χ3v) is 4.31. The number of fused-ring (bicyclic) bond motifs is 1. The van der Waals surface area contributed by atoms with Crippen LogP contribution >= 0.6 is 0 Å². The van der Waals surface area contributed by atoms with Gasteiger partial charge in [-0.1, -0.05) is 18.2 Å². The van der Waals surface area contributed by atoms with Crippen molar-refractivity contribution in [1.82, 2.24) is 14.3 Å². The largest absolute Gasteiger partial charge is 0.324 e. The highest BCUT2D eigenvalue weighted by Crippen LogP contribution is 2.17. The van der Waals surface area contributed by atoms with Crippen molar-refractivity contribution in [2.24, 2.45) is 7.05 Å². The molecule has 1 amide bonds. The summed E-state index contributed by atoms with van der Waals surface area (Å²) in [4.78, 5) is 25.3. The predicted molar refractivity (Wildman–Crippen MR) is 94.2 cm³/mol. The lowest BCUT2D eigenvalue weighted by Gasteiger charge is -2.16. The van der Waals surface area contributed by atoms with Crippen molar-refractivity contribution in [2.45, 2.75) is 26.8 Å². The molecule has 0 spiro atoms. The van der Waals surface area contributed by atoms with Crippen molar-refractivity contribution in [3.8, 4) is 0 Å². The van der Waals surface area contributed by atoms with Gasteiger partial charge < -0.3 is 9.88 Å². The van der Waals surface area contributed by atoms with E-state index in [2.05, 4.69) is 10.4 Å². The number of para-hydroxylation sites is 1. The Bertz CT molecular complexity index is 984. The molecule has 1 N–H and O–H groups in total. The van der Waals surface area contributed by atoms with Gasteiger partial charge in [0.15, 0.2) is 0 Å². The maximum Gasteiger partial charge on any atom is 0.277 e. The molecule has 0 unspecified atom stereocenters. The monoisotopic (exact) mass is 324 g/mol. The van der Waals surface area contributed by atoms with E-state index < -0.39 is 6.04 Å². The van der Waals surface area contributed by atoms with Gasteiger partial charge in [0.1, 0.15) is 11.6 Å². The molecule has 2 aromatic heterocycles. The number of hydrogen-bond donors (Lipinski definition) is 1. The molecule has 6 heteroatoms. The minimum atomic E-state index is -0.628. The van der Waals surface area contributed by atoms with Crippen molar-refractivity contribution in [3.63, 3.8) is 0 Å². The lowest BCUT2D eigenvalue weighted by Crippen LogP contribution is -2.32. The highest BCUT2D eigenvalue weighted by molar-refractivity contribution is 5.94. The molecule has 0 fully saturated rings. The number of carbonyl (C=O) groups excluding carboxylic acids is 1. The van der Waals surface area contributed by atoms with Gasteiger partial charge in [-0.05, 0) is 38.5 Å². The Morgan fingerprint density at radius 3 is 2.62 bits per heavy atom. The van der Waals surface area contributed by atoms with E-state index in [1.54, 1.807) is 24.9 Å². The summed E-state index contributed by atoms with van der Waals surface area (Å²) in [6.07, 6.45) is 1.65. The number of aromatic nitrogens is 3. The first kappa shape index (κ1) is 16.0. The van der Waals surface area contributed by atoms with E-state index in [9.17, 15) is 9.59 Å². The zero-order chi connectivity index (χ0) is 17.4. The summed E-state index contributed by atoms with van der Waals surface area (Å²) in [5, 5.41) is 7.97. The minimum Gasteiger partial charge on any atom is -0.324 e. The molecule has 0 aliphatic heterocycles. The topological polar surface area (TPSA) is 68.9 Å². The fourth-order valence-corrected chi connectivity index (χ4v) is 2.85. The zero-order valence-electron chi connectivity index (χ0n) is 14.2. The van der Waals surface area contributed by atoms with Crippen molar-refractivity contribution in [1.29, 1.82) is 0 Å².